The van der Waals surface area contributed by atoms with Gasteiger partial charge in [-0.3, -0.25) is 5.10 Å². The van der Waals surface area contributed by atoms with Gasteiger partial charge >= 0.3 is 0 Å². The van der Waals surface area contributed by atoms with Crippen LogP contribution in [-0.2, 0) is 0 Å². The largest absolute Gasteiger partial charge is 0.420 e. The summed E-state index contributed by atoms with van der Waals surface area (Å²) < 4.78 is 18.8. The number of nitrogens with two attached hydrogens (primary N) is 1. The van der Waals surface area contributed by atoms with Crippen molar-refractivity contribution in [3.8, 4) is 11.9 Å². The fourth-order valence-corrected chi connectivity index (χ4v) is 2.42. The number of halogens is 1. The minimum atomic E-state index is -0.474. The summed E-state index contributed by atoms with van der Waals surface area (Å²) in [5.41, 5.74) is 8.13. The molecule has 1 atom stereocenters. The van der Waals surface area contributed by atoms with Crippen LogP contribution in [0.25, 0.3) is 0 Å². The number of aromatic nitrogens is 2. The number of rotatable bonds is 1. The number of nitriles is 1. The van der Waals surface area contributed by atoms with Gasteiger partial charge in [-0.05, 0) is 24.6 Å². The molecule has 2 aromatic rings. The standard InChI is InChI=1S/C14H11FN4O/c1-7-11-12(8-3-2-4-9(15)5-8)10(6-16)13(17)20-14(11)19-18-7/h2-5,12H,17H2,1H3,(H,18,19). The first-order chi connectivity index (χ1) is 9.61. The van der Waals surface area contributed by atoms with Crippen molar-refractivity contribution < 1.29 is 9.13 Å². The number of hydrogen-bond acceptors (Lipinski definition) is 4. The van der Waals surface area contributed by atoms with Crippen molar-refractivity contribution in [2.75, 3.05) is 0 Å². The van der Waals surface area contributed by atoms with Gasteiger partial charge in [0.05, 0.1) is 5.92 Å². The number of ether oxygens (including phenoxy) is 1. The lowest BCUT2D eigenvalue weighted by Gasteiger charge is -2.23. The fourth-order valence-electron chi connectivity index (χ4n) is 2.42. The molecular weight excluding hydrogens is 259 g/mol. The summed E-state index contributed by atoms with van der Waals surface area (Å²) in [6, 6.07) is 8.13. The van der Waals surface area contributed by atoms with Gasteiger partial charge in [0, 0.05) is 11.3 Å². The first-order valence-corrected chi connectivity index (χ1v) is 5.99. The lowest BCUT2D eigenvalue weighted by molar-refractivity contribution is 0.378. The highest BCUT2D eigenvalue weighted by molar-refractivity contribution is 5.54. The molecular formula is C14H11FN4O. The summed E-state index contributed by atoms with van der Waals surface area (Å²) in [6.07, 6.45) is 0. The lowest BCUT2D eigenvalue weighted by atomic mass is 9.84. The number of nitrogens with one attached hydrogen (secondary N) is 1. The summed E-state index contributed by atoms with van der Waals surface area (Å²) in [6.45, 7) is 1.82. The zero-order valence-corrected chi connectivity index (χ0v) is 10.6. The van der Waals surface area contributed by atoms with Gasteiger partial charge in [0.1, 0.15) is 17.5 Å². The number of hydrogen-bond donors (Lipinski definition) is 2. The highest BCUT2D eigenvalue weighted by atomic mass is 19.1. The third-order valence-electron chi connectivity index (χ3n) is 3.31. The Balaban J connectivity index is 2.25. The van der Waals surface area contributed by atoms with Crippen LogP contribution >= 0.6 is 0 Å². The molecule has 20 heavy (non-hydrogen) atoms. The van der Waals surface area contributed by atoms with E-state index < -0.39 is 5.92 Å². The van der Waals surface area contributed by atoms with Crippen LogP contribution in [-0.4, -0.2) is 10.2 Å². The van der Waals surface area contributed by atoms with Crippen LogP contribution in [0.15, 0.2) is 35.7 Å². The number of H-pyrrole nitrogens is 1. The van der Waals surface area contributed by atoms with Crippen LogP contribution in [0.2, 0.25) is 0 Å². The van der Waals surface area contributed by atoms with Crippen molar-refractivity contribution in [1.82, 2.24) is 10.2 Å². The number of aromatic amines is 1. The summed E-state index contributed by atoms with van der Waals surface area (Å²) in [5.74, 6) is -0.514. The minimum Gasteiger partial charge on any atom is -0.420 e. The third kappa shape index (κ3) is 1.72. The molecule has 6 heteroatoms. The van der Waals surface area contributed by atoms with E-state index >= 15 is 0 Å². The average Bonchev–Trinajstić information content (AvgIpc) is 2.78. The Morgan fingerprint density at radius 3 is 3.00 bits per heavy atom. The lowest BCUT2D eigenvalue weighted by Crippen LogP contribution is -2.21. The second-order valence-electron chi connectivity index (χ2n) is 4.55. The van der Waals surface area contributed by atoms with E-state index in [1.165, 1.54) is 12.1 Å². The Hall–Kier alpha value is -2.81. The molecule has 0 saturated heterocycles. The molecule has 1 aromatic heterocycles. The number of fused-ring (bicyclic) bond motifs is 1. The van der Waals surface area contributed by atoms with Gasteiger partial charge in [0.2, 0.25) is 11.8 Å². The molecule has 1 unspecified atom stereocenters. The normalized spacial score (nSPS) is 17.4. The van der Waals surface area contributed by atoms with E-state index in [-0.39, 0.29) is 17.3 Å². The summed E-state index contributed by atoms with van der Waals surface area (Å²) in [7, 11) is 0. The van der Waals surface area contributed by atoms with Gasteiger partial charge in [-0.2, -0.15) is 5.26 Å². The van der Waals surface area contributed by atoms with Crippen LogP contribution < -0.4 is 10.5 Å². The Bertz CT molecular complexity index is 757. The SMILES string of the molecule is Cc1[nH]nc2c1C(c1cccc(F)c1)C(C#N)=C(N)O2. The van der Waals surface area contributed by atoms with Crippen molar-refractivity contribution in [3.05, 3.63) is 58.4 Å². The zero-order valence-electron chi connectivity index (χ0n) is 10.6. The minimum absolute atomic E-state index is 0.000705. The van der Waals surface area contributed by atoms with Crippen LogP contribution in [0.3, 0.4) is 0 Å². The molecule has 0 saturated carbocycles. The number of benzene rings is 1. The third-order valence-corrected chi connectivity index (χ3v) is 3.31. The Morgan fingerprint density at radius 2 is 2.30 bits per heavy atom. The van der Waals surface area contributed by atoms with Crippen LogP contribution in [0.5, 0.6) is 5.88 Å². The predicted molar refractivity (Wildman–Crippen MR) is 69.0 cm³/mol. The molecule has 1 aromatic carbocycles. The van der Waals surface area contributed by atoms with Gasteiger partial charge in [-0.1, -0.05) is 12.1 Å². The van der Waals surface area contributed by atoms with Crippen molar-refractivity contribution in [2.45, 2.75) is 12.8 Å². The van der Waals surface area contributed by atoms with E-state index in [0.717, 1.165) is 5.69 Å². The second-order valence-corrected chi connectivity index (χ2v) is 4.55. The molecule has 1 aliphatic heterocycles. The summed E-state index contributed by atoms with van der Waals surface area (Å²) in [5, 5.41) is 16.1. The highest BCUT2D eigenvalue weighted by Crippen LogP contribution is 2.42. The molecule has 0 spiro atoms. The fraction of sp³-hybridized carbons (Fsp3) is 0.143. The van der Waals surface area contributed by atoms with Crippen molar-refractivity contribution in [3.63, 3.8) is 0 Å². The first-order valence-electron chi connectivity index (χ1n) is 5.99. The van der Waals surface area contributed by atoms with Crippen molar-refractivity contribution in [1.29, 1.82) is 5.26 Å². The molecule has 3 N–H and O–H groups in total. The van der Waals surface area contributed by atoms with Crippen LogP contribution in [0.4, 0.5) is 4.39 Å². The molecule has 2 heterocycles. The van der Waals surface area contributed by atoms with Crippen LogP contribution in [0.1, 0.15) is 22.7 Å². The summed E-state index contributed by atoms with van der Waals surface area (Å²) in [4.78, 5) is 0. The number of aryl methyl sites for hydroxylation is 1. The maximum atomic E-state index is 13.5. The van der Waals surface area contributed by atoms with Gasteiger partial charge in [-0.15, -0.1) is 5.10 Å². The van der Waals surface area contributed by atoms with Crippen molar-refractivity contribution in [2.24, 2.45) is 5.73 Å². The molecule has 0 amide bonds. The summed E-state index contributed by atoms with van der Waals surface area (Å²) >= 11 is 0. The number of nitrogens with zero attached hydrogens (tertiary/aromatic N) is 2. The van der Waals surface area contributed by atoms with Gasteiger partial charge < -0.3 is 10.5 Å². The maximum Gasteiger partial charge on any atom is 0.244 e. The molecule has 0 aliphatic carbocycles. The highest BCUT2D eigenvalue weighted by Gasteiger charge is 2.34. The maximum absolute atomic E-state index is 13.5. The van der Waals surface area contributed by atoms with E-state index in [1.54, 1.807) is 12.1 Å². The van der Waals surface area contributed by atoms with E-state index in [4.69, 9.17) is 10.5 Å². The molecule has 0 bridgehead atoms. The van der Waals surface area contributed by atoms with Gasteiger partial charge in [0.25, 0.3) is 0 Å². The van der Waals surface area contributed by atoms with E-state index in [9.17, 15) is 9.65 Å². The predicted octanol–water partition coefficient (Wildman–Crippen LogP) is 2.08. The Morgan fingerprint density at radius 1 is 1.50 bits per heavy atom. The Kier molecular flexibility index (Phi) is 2.68. The average molecular weight is 270 g/mol. The van der Waals surface area contributed by atoms with E-state index in [1.807, 2.05) is 13.0 Å². The second kappa shape index (κ2) is 4.38. The molecule has 1 aliphatic rings. The van der Waals surface area contributed by atoms with Crippen LogP contribution in [0, 0.1) is 24.1 Å². The smallest absolute Gasteiger partial charge is 0.244 e. The van der Waals surface area contributed by atoms with Crippen molar-refractivity contribution >= 4 is 0 Å². The van der Waals surface area contributed by atoms with Gasteiger partial charge in [0.15, 0.2) is 0 Å². The quantitative estimate of drug-likeness (QED) is 0.830. The number of allylic oxidation sites excluding steroid dienone is 1. The van der Waals surface area contributed by atoms with E-state index in [2.05, 4.69) is 10.2 Å². The van der Waals surface area contributed by atoms with E-state index in [0.29, 0.717) is 17.0 Å². The molecule has 0 fully saturated rings. The Labute approximate surface area is 114 Å². The molecule has 3 rings (SSSR count). The topological polar surface area (TPSA) is 87.7 Å². The monoisotopic (exact) mass is 270 g/mol. The molecule has 5 nitrogen and oxygen atoms in total. The zero-order chi connectivity index (χ0) is 14.3. The first kappa shape index (κ1) is 12.2. The van der Waals surface area contributed by atoms with Gasteiger partial charge in [-0.25, -0.2) is 4.39 Å². The molecule has 100 valence electrons. The molecule has 0 radical (unpaired) electrons.